The zero-order valence-corrected chi connectivity index (χ0v) is 10.4. The van der Waals surface area contributed by atoms with Gasteiger partial charge in [-0.15, -0.1) is 0 Å². The van der Waals surface area contributed by atoms with E-state index in [-0.39, 0.29) is 0 Å². The number of ether oxygens (including phenoxy) is 1. The van der Waals surface area contributed by atoms with Crippen LogP contribution < -0.4 is 4.74 Å². The molecule has 0 aliphatic carbocycles. The van der Waals surface area contributed by atoms with Crippen LogP contribution in [0, 0.1) is 0 Å². The van der Waals surface area contributed by atoms with E-state index in [1.165, 1.54) is 0 Å². The van der Waals surface area contributed by atoms with Crippen LogP contribution in [0.15, 0.2) is 34.9 Å². The van der Waals surface area contributed by atoms with Crippen LogP contribution in [0.3, 0.4) is 0 Å². The van der Waals surface area contributed by atoms with E-state index in [0.717, 1.165) is 23.4 Å². The first-order valence-electron chi connectivity index (χ1n) is 5.60. The van der Waals surface area contributed by atoms with Gasteiger partial charge in [-0.1, -0.05) is 29.8 Å². The number of nitrogens with zero attached hydrogens (tertiary/aromatic N) is 1. The highest BCUT2D eigenvalue weighted by Gasteiger charge is 2.06. The van der Waals surface area contributed by atoms with Gasteiger partial charge in [0.1, 0.15) is 6.20 Å². The molecule has 0 amide bonds. The molecule has 4 heteroatoms. The maximum absolute atomic E-state index is 6.07. The lowest BCUT2D eigenvalue weighted by atomic mass is 10.1. The normalized spacial score (nSPS) is 10.5. The number of halogens is 1. The fourth-order valence-electron chi connectivity index (χ4n) is 1.56. The Bertz CT molecular complexity index is 482. The van der Waals surface area contributed by atoms with E-state index in [1.54, 1.807) is 6.20 Å². The second-order valence-electron chi connectivity index (χ2n) is 3.60. The Labute approximate surface area is 105 Å². The van der Waals surface area contributed by atoms with Crippen LogP contribution in [-0.4, -0.2) is 11.6 Å². The summed E-state index contributed by atoms with van der Waals surface area (Å²) in [5.74, 6) is 1.15. The fraction of sp³-hybridized carbons (Fsp3) is 0.308. The summed E-state index contributed by atoms with van der Waals surface area (Å²) in [6.07, 6.45) is 3.13. The monoisotopic (exact) mass is 251 g/mol. The Balaban J connectivity index is 1.95. The Morgan fingerprint density at radius 2 is 2.12 bits per heavy atom. The van der Waals surface area contributed by atoms with Gasteiger partial charge < -0.3 is 9.15 Å². The molecule has 90 valence electrons. The molecule has 0 saturated carbocycles. The van der Waals surface area contributed by atoms with E-state index < -0.39 is 0 Å². The van der Waals surface area contributed by atoms with E-state index in [0.29, 0.717) is 18.4 Å². The first kappa shape index (κ1) is 12.0. The standard InChI is InChI=1S/C13H14ClNO2/c1-2-16-13-9-15-12(17-13)8-7-10-5-3-4-6-11(10)14/h3-6,9H,2,7-8H2,1H3. The van der Waals surface area contributed by atoms with Gasteiger partial charge in [-0.05, 0) is 25.0 Å². The fourth-order valence-corrected chi connectivity index (χ4v) is 1.79. The molecule has 1 aromatic heterocycles. The lowest BCUT2D eigenvalue weighted by molar-refractivity contribution is 0.250. The largest absolute Gasteiger partial charge is 0.464 e. The number of rotatable bonds is 5. The number of aromatic nitrogens is 1. The molecule has 1 aromatic carbocycles. The van der Waals surface area contributed by atoms with E-state index in [1.807, 2.05) is 31.2 Å². The van der Waals surface area contributed by atoms with Crippen LogP contribution in [-0.2, 0) is 12.8 Å². The van der Waals surface area contributed by atoms with Crippen LogP contribution in [0.5, 0.6) is 5.95 Å². The summed E-state index contributed by atoms with van der Waals surface area (Å²) in [4.78, 5) is 4.14. The number of benzene rings is 1. The number of hydrogen-bond acceptors (Lipinski definition) is 3. The van der Waals surface area contributed by atoms with Gasteiger partial charge in [-0.3, -0.25) is 0 Å². The average molecular weight is 252 g/mol. The van der Waals surface area contributed by atoms with Crippen molar-refractivity contribution in [3.8, 4) is 5.95 Å². The van der Waals surface area contributed by atoms with E-state index in [2.05, 4.69) is 4.98 Å². The van der Waals surface area contributed by atoms with Gasteiger partial charge >= 0.3 is 5.95 Å². The molecule has 2 rings (SSSR count). The minimum Gasteiger partial charge on any atom is -0.464 e. The van der Waals surface area contributed by atoms with Gasteiger partial charge in [0.25, 0.3) is 0 Å². The van der Waals surface area contributed by atoms with Crippen LogP contribution in [0.2, 0.25) is 5.02 Å². The maximum Gasteiger partial charge on any atom is 0.305 e. The molecule has 0 fully saturated rings. The first-order valence-corrected chi connectivity index (χ1v) is 5.98. The van der Waals surface area contributed by atoms with Crippen molar-refractivity contribution in [3.63, 3.8) is 0 Å². The smallest absolute Gasteiger partial charge is 0.305 e. The zero-order chi connectivity index (χ0) is 12.1. The van der Waals surface area contributed by atoms with Crippen molar-refractivity contribution in [3.05, 3.63) is 46.9 Å². The SMILES string of the molecule is CCOc1cnc(CCc2ccccc2Cl)o1. The molecule has 2 aromatic rings. The topological polar surface area (TPSA) is 35.3 Å². The van der Waals surface area contributed by atoms with Crippen LogP contribution in [0.4, 0.5) is 0 Å². The second-order valence-corrected chi connectivity index (χ2v) is 4.00. The molecule has 0 bridgehead atoms. The summed E-state index contributed by atoms with van der Waals surface area (Å²) < 4.78 is 10.6. The minimum absolute atomic E-state index is 0.474. The van der Waals surface area contributed by atoms with Crippen molar-refractivity contribution in [2.75, 3.05) is 6.61 Å². The highest BCUT2D eigenvalue weighted by Crippen LogP contribution is 2.18. The summed E-state index contributed by atoms with van der Waals surface area (Å²) in [6.45, 7) is 2.49. The molecule has 1 heterocycles. The van der Waals surface area contributed by atoms with Gasteiger partial charge in [0.05, 0.1) is 6.61 Å². The molecule has 0 saturated heterocycles. The molecule has 0 aliphatic rings. The quantitative estimate of drug-likeness (QED) is 0.816. The summed E-state index contributed by atoms with van der Waals surface area (Å²) in [6, 6.07) is 7.79. The number of aryl methyl sites for hydroxylation is 2. The molecular formula is C13H14ClNO2. The van der Waals surface area contributed by atoms with Gasteiger partial charge in [0.2, 0.25) is 0 Å². The molecular weight excluding hydrogens is 238 g/mol. The van der Waals surface area contributed by atoms with Crippen molar-refractivity contribution < 1.29 is 9.15 Å². The Hall–Kier alpha value is -1.48. The Morgan fingerprint density at radius 1 is 1.29 bits per heavy atom. The van der Waals surface area contributed by atoms with Crippen molar-refractivity contribution in [2.24, 2.45) is 0 Å². The summed E-state index contributed by atoms with van der Waals surface area (Å²) >= 11 is 6.07. The summed E-state index contributed by atoms with van der Waals surface area (Å²) in [7, 11) is 0. The van der Waals surface area contributed by atoms with Gasteiger partial charge in [-0.25, -0.2) is 4.98 Å². The number of oxazole rings is 1. The lowest BCUT2D eigenvalue weighted by Gasteiger charge is -2.01. The molecule has 0 atom stereocenters. The van der Waals surface area contributed by atoms with Crippen molar-refractivity contribution in [2.45, 2.75) is 19.8 Å². The Kier molecular flexibility index (Phi) is 4.04. The third-order valence-electron chi connectivity index (χ3n) is 2.38. The third kappa shape index (κ3) is 3.24. The highest BCUT2D eigenvalue weighted by atomic mass is 35.5. The van der Waals surface area contributed by atoms with E-state index in [9.17, 15) is 0 Å². The molecule has 0 aliphatic heterocycles. The van der Waals surface area contributed by atoms with Gasteiger partial charge in [0, 0.05) is 11.4 Å². The summed E-state index contributed by atoms with van der Waals surface area (Å²) in [5.41, 5.74) is 1.10. The Morgan fingerprint density at radius 3 is 2.88 bits per heavy atom. The number of hydrogen-bond donors (Lipinski definition) is 0. The van der Waals surface area contributed by atoms with E-state index in [4.69, 9.17) is 20.8 Å². The van der Waals surface area contributed by atoms with Gasteiger partial charge in [0.15, 0.2) is 5.89 Å². The third-order valence-corrected chi connectivity index (χ3v) is 2.75. The summed E-state index contributed by atoms with van der Waals surface area (Å²) in [5, 5.41) is 0.782. The maximum atomic E-state index is 6.07. The molecule has 0 spiro atoms. The minimum atomic E-state index is 0.474. The van der Waals surface area contributed by atoms with E-state index >= 15 is 0 Å². The molecule has 0 unspecified atom stereocenters. The first-order chi connectivity index (χ1) is 8.29. The second kappa shape index (κ2) is 5.73. The zero-order valence-electron chi connectivity index (χ0n) is 9.65. The van der Waals surface area contributed by atoms with Crippen LogP contribution >= 0.6 is 11.6 Å². The van der Waals surface area contributed by atoms with Crippen LogP contribution in [0.25, 0.3) is 0 Å². The average Bonchev–Trinajstić information content (AvgIpc) is 2.76. The highest BCUT2D eigenvalue weighted by molar-refractivity contribution is 6.31. The molecule has 0 radical (unpaired) electrons. The van der Waals surface area contributed by atoms with Crippen molar-refractivity contribution >= 4 is 11.6 Å². The molecule has 17 heavy (non-hydrogen) atoms. The van der Waals surface area contributed by atoms with Crippen LogP contribution in [0.1, 0.15) is 18.4 Å². The molecule has 3 nitrogen and oxygen atoms in total. The molecule has 0 N–H and O–H groups in total. The predicted molar refractivity (Wildman–Crippen MR) is 66.5 cm³/mol. The van der Waals surface area contributed by atoms with Crippen molar-refractivity contribution in [1.82, 2.24) is 4.98 Å². The van der Waals surface area contributed by atoms with Crippen molar-refractivity contribution in [1.29, 1.82) is 0 Å². The predicted octanol–water partition coefficient (Wildman–Crippen LogP) is 3.51. The lowest BCUT2D eigenvalue weighted by Crippen LogP contribution is -1.92. The van der Waals surface area contributed by atoms with Gasteiger partial charge in [-0.2, -0.15) is 0 Å².